The van der Waals surface area contributed by atoms with Crippen LogP contribution in [-0.2, 0) is 9.59 Å². The maximum absolute atomic E-state index is 12.1. The molecule has 0 bridgehead atoms. The molecule has 0 saturated heterocycles. The van der Waals surface area contributed by atoms with E-state index in [1.165, 1.54) is 11.9 Å². The fourth-order valence-electron chi connectivity index (χ4n) is 1.92. The molecule has 0 aliphatic carbocycles. The molecule has 5 nitrogen and oxygen atoms in total. The molecule has 0 saturated carbocycles. The number of benzene rings is 2. The van der Waals surface area contributed by atoms with Crippen LogP contribution in [0.1, 0.15) is 0 Å². The summed E-state index contributed by atoms with van der Waals surface area (Å²) in [5, 5.41) is 3.88. The van der Waals surface area contributed by atoms with Gasteiger partial charge in [-0.1, -0.05) is 46.9 Å². The molecular formula is C17H15Cl3N2O3. The minimum Gasteiger partial charge on any atom is -0.484 e. The summed E-state index contributed by atoms with van der Waals surface area (Å²) in [4.78, 5) is 25.3. The van der Waals surface area contributed by atoms with Gasteiger partial charge in [-0.2, -0.15) is 0 Å². The molecule has 0 aliphatic heterocycles. The summed E-state index contributed by atoms with van der Waals surface area (Å²) in [7, 11) is 1.50. The number of nitrogens with one attached hydrogen (secondary N) is 1. The van der Waals surface area contributed by atoms with Crippen molar-refractivity contribution in [3.05, 3.63) is 57.5 Å². The predicted octanol–water partition coefficient (Wildman–Crippen LogP) is 4.12. The van der Waals surface area contributed by atoms with E-state index in [0.717, 1.165) is 0 Å². The van der Waals surface area contributed by atoms with Crippen LogP contribution in [0.2, 0.25) is 15.1 Å². The number of anilines is 1. The first kappa shape index (κ1) is 19.4. The molecule has 0 unspecified atom stereocenters. The molecule has 0 aliphatic rings. The Morgan fingerprint density at radius 3 is 2.36 bits per heavy atom. The number of nitrogens with zero attached hydrogens (tertiary/aromatic N) is 1. The third kappa shape index (κ3) is 6.12. The number of likely N-dealkylation sites (N-methyl/N-ethyl adjacent to an activating group) is 1. The van der Waals surface area contributed by atoms with E-state index in [9.17, 15) is 9.59 Å². The largest absolute Gasteiger partial charge is 0.484 e. The lowest BCUT2D eigenvalue weighted by Gasteiger charge is -2.17. The Labute approximate surface area is 160 Å². The number of halogens is 3. The highest BCUT2D eigenvalue weighted by Crippen LogP contribution is 2.24. The first-order valence-corrected chi connectivity index (χ1v) is 8.36. The number of hydrogen-bond donors (Lipinski definition) is 1. The van der Waals surface area contributed by atoms with E-state index in [-0.39, 0.29) is 25.0 Å². The van der Waals surface area contributed by atoms with Gasteiger partial charge < -0.3 is 15.0 Å². The second kappa shape index (κ2) is 8.94. The van der Waals surface area contributed by atoms with Crippen LogP contribution < -0.4 is 10.1 Å². The number of amides is 2. The normalized spacial score (nSPS) is 10.2. The maximum atomic E-state index is 12.1. The topological polar surface area (TPSA) is 58.6 Å². The molecule has 8 heteroatoms. The van der Waals surface area contributed by atoms with Gasteiger partial charge in [0.15, 0.2) is 6.61 Å². The summed E-state index contributed by atoms with van der Waals surface area (Å²) >= 11 is 17.7. The van der Waals surface area contributed by atoms with Gasteiger partial charge in [0.25, 0.3) is 5.91 Å². The molecule has 25 heavy (non-hydrogen) atoms. The van der Waals surface area contributed by atoms with Crippen LogP contribution in [0, 0.1) is 0 Å². The molecule has 0 heterocycles. The molecule has 2 aromatic carbocycles. The molecule has 132 valence electrons. The lowest BCUT2D eigenvalue weighted by atomic mass is 10.3. The van der Waals surface area contributed by atoms with Gasteiger partial charge in [-0.3, -0.25) is 9.59 Å². The van der Waals surface area contributed by atoms with Crippen molar-refractivity contribution in [1.82, 2.24) is 4.90 Å². The Kier molecular flexibility index (Phi) is 6.93. The molecule has 0 atom stereocenters. The fraction of sp³-hybridized carbons (Fsp3) is 0.176. The Balaban J connectivity index is 1.85. The number of rotatable bonds is 6. The van der Waals surface area contributed by atoms with E-state index in [1.807, 2.05) is 0 Å². The van der Waals surface area contributed by atoms with Gasteiger partial charge in [-0.05, 0) is 30.3 Å². The average Bonchev–Trinajstić information content (AvgIpc) is 2.53. The second-order valence-electron chi connectivity index (χ2n) is 5.17. The molecule has 0 aromatic heterocycles. The molecule has 0 radical (unpaired) electrons. The number of carbonyl (C=O) groups is 2. The van der Waals surface area contributed by atoms with Crippen LogP contribution >= 0.6 is 34.8 Å². The van der Waals surface area contributed by atoms with Crippen LogP contribution in [0.5, 0.6) is 5.75 Å². The van der Waals surface area contributed by atoms with Crippen molar-refractivity contribution in [2.24, 2.45) is 0 Å². The number of para-hydroxylation sites is 1. The van der Waals surface area contributed by atoms with Crippen molar-refractivity contribution in [3.63, 3.8) is 0 Å². The number of carbonyl (C=O) groups excluding carboxylic acids is 2. The van der Waals surface area contributed by atoms with Gasteiger partial charge in [-0.15, -0.1) is 0 Å². The van der Waals surface area contributed by atoms with E-state index in [1.54, 1.807) is 42.5 Å². The zero-order valence-corrected chi connectivity index (χ0v) is 15.5. The summed E-state index contributed by atoms with van der Waals surface area (Å²) in [5.41, 5.74) is 0.486. The molecule has 2 rings (SSSR count). The van der Waals surface area contributed by atoms with Gasteiger partial charge in [0, 0.05) is 17.1 Å². The standard InChI is InChI=1S/C17H15Cl3N2O3/c1-22(9-16(23)21-15-5-3-2-4-14(15)20)17(24)10-25-13-7-11(18)6-12(19)8-13/h2-8H,9-10H2,1H3,(H,21,23). The average molecular weight is 402 g/mol. The molecule has 0 spiro atoms. The Morgan fingerprint density at radius 2 is 1.72 bits per heavy atom. The SMILES string of the molecule is CN(CC(=O)Nc1ccccc1Cl)C(=O)COc1cc(Cl)cc(Cl)c1. The third-order valence-electron chi connectivity index (χ3n) is 3.15. The van der Waals surface area contributed by atoms with Gasteiger partial charge in [0.1, 0.15) is 5.75 Å². The van der Waals surface area contributed by atoms with Crippen molar-refractivity contribution >= 4 is 52.3 Å². The Hall–Kier alpha value is -1.95. The number of ether oxygens (including phenoxy) is 1. The summed E-state index contributed by atoms with van der Waals surface area (Å²) in [6.45, 7) is -0.379. The molecule has 2 amide bonds. The zero-order valence-electron chi connectivity index (χ0n) is 13.3. The Bertz CT molecular complexity index is 763. The Morgan fingerprint density at radius 1 is 1.08 bits per heavy atom. The molecule has 0 fully saturated rings. The van der Waals surface area contributed by atoms with E-state index >= 15 is 0 Å². The smallest absolute Gasteiger partial charge is 0.260 e. The van der Waals surface area contributed by atoms with E-state index in [4.69, 9.17) is 39.5 Å². The zero-order chi connectivity index (χ0) is 18.4. The van der Waals surface area contributed by atoms with Crippen LogP contribution in [0.3, 0.4) is 0 Å². The van der Waals surface area contributed by atoms with Crippen molar-refractivity contribution in [1.29, 1.82) is 0 Å². The van der Waals surface area contributed by atoms with Crippen LogP contribution in [-0.4, -0.2) is 36.9 Å². The highest BCUT2D eigenvalue weighted by Gasteiger charge is 2.14. The first-order chi connectivity index (χ1) is 11.8. The highest BCUT2D eigenvalue weighted by atomic mass is 35.5. The summed E-state index contributed by atoms with van der Waals surface area (Å²) in [6.07, 6.45) is 0. The van der Waals surface area contributed by atoms with Gasteiger partial charge in [0.05, 0.1) is 17.3 Å². The van der Waals surface area contributed by atoms with Crippen molar-refractivity contribution in [3.8, 4) is 5.75 Å². The van der Waals surface area contributed by atoms with E-state index < -0.39 is 0 Å². The van der Waals surface area contributed by atoms with Crippen LogP contribution in [0.25, 0.3) is 0 Å². The third-order valence-corrected chi connectivity index (χ3v) is 3.92. The summed E-state index contributed by atoms with van der Waals surface area (Å²) in [5.74, 6) is -0.361. The van der Waals surface area contributed by atoms with Crippen LogP contribution in [0.4, 0.5) is 5.69 Å². The second-order valence-corrected chi connectivity index (χ2v) is 6.45. The minimum absolute atomic E-state index is 0.135. The maximum Gasteiger partial charge on any atom is 0.260 e. The minimum atomic E-state index is -0.370. The highest BCUT2D eigenvalue weighted by molar-refractivity contribution is 6.35. The lowest BCUT2D eigenvalue weighted by molar-refractivity contribution is -0.135. The van der Waals surface area contributed by atoms with E-state index in [0.29, 0.717) is 26.5 Å². The summed E-state index contributed by atoms with van der Waals surface area (Å²) in [6, 6.07) is 11.5. The van der Waals surface area contributed by atoms with Crippen molar-refractivity contribution in [2.75, 3.05) is 25.5 Å². The molecular weight excluding hydrogens is 387 g/mol. The first-order valence-electron chi connectivity index (χ1n) is 7.22. The van der Waals surface area contributed by atoms with Gasteiger partial charge in [-0.25, -0.2) is 0 Å². The van der Waals surface area contributed by atoms with E-state index in [2.05, 4.69) is 5.32 Å². The molecule has 2 aromatic rings. The lowest BCUT2D eigenvalue weighted by Crippen LogP contribution is -2.37. The van der Waals surface area contributed by atoms with Crippen molar-refractivity contribution in [2.45, 2.75) is 0 Å². The van der Waals surface area contributed by atoms with Crippen molar-refractivity contribution < 1.29 is 14.3 Å². The van der Waals surface area contributed by atoms with Gasteiger partial charge >= 0.3 is 0 Å². The van der Waals surface area contributed by atoms with Gasteiger partial charge in [0.2, 0.25) is 5.91 Å². The predicted molar refractivity (Wildman–Crippen MR) is 99.7 cm³/mol. The monoisotopic (exact) mass is 400 g/mol. The summed E-state index contributed by atoms with van der Waals surface area (Å²) < 4.78 is 5.36. The quantitative estimate of drug-likeness (QED) is 0.792. The molecule has 1 N–H and O–H groups in total. The number of hydrogen-bond acceptors (Lipinski definition) is 3. The van der Waals surface area contributed by atoms with Crippen LogP contribution in [0.15, 0.2) is 42.5 Å². The fourth-order valence-corrected chi connectivity index (χ4v) is 2.61.